The first-order chi connectivity index (χ1) is 5.61. The summed E-state index contributed by atoms with van der Waals surface area (Å²) in [6.45, 7) is 3.78. The van der Waals surface area contributed by atoms with E-state index in [1.165, 1.54) is 0 Å². The molecule has 3 nitrogen and oxygen atoms in total. The molecule has 0 fully saturated rings. The summed E-state index contributed by atoms with van der Waals surface area (Å²) in [6, 6.07) is 5.06. The van der Waals surface area contributed by atoms with Crippen molar-refractivity contribution in [1.82, 2.24) is 0 Å². The molecule has 0 aliphatic rings. The lowest BCUT2D eigenvalue weighted by molar-refractivity contribution is 0.232. The third kappa shape index (κ3) is 1.81. The van der Waals surface area contributed by atoms with E-state index in [9.17, 15) is 5.11 Å². The number of rotatable bonds is 2. The Morgan fingerprint density at radius 3 is 2.67 bits per heavy atom. The van der Waals surface area contributed by atoms with Crippen LogP contribution in [-0.4, -0.2) is 11.2 Å². The van der Waals surface area contributed by atoms with Gasteiger partial charge in [-0.25, -0.2) is 0 Å². The Hall–Kier alpha value is -1.38. The van der Waals surface area contributed by atoms with E-state index in [1.54, 1.807) is 18.2 Å². The van der Waals surface area contributed by atoms with Crippen molar-refractivity contribution in [3.05, 3.63) is 18.2 Å². The highest BCUT2D eigenvalue weighted by atomic mass is 16.5. The largest absolute Gasteiger partial charge is 0.503 e. The van der Waals surface area contributed by atoms with E-state index in [0.717, 1.165) is 0 Å². The van der Waals surface area contributed by atoms with Gasteiger partial charge in [-0.3, -0.25) is 0 Å². The lowest BCUT2D eigenvalue weighted by Crippen LogP contribution is -2.05. The average molecular weight is 167 g/mol. The molecule has 0 bridgehead atoms. The molecule has 0 aliphatic heterocycles. The lowest BCUT2D eigenvalue weighted by Gasteiger charge is -2.11. The first-order valence-corrected chi connectivity index (χ1v) is 3.85. The molecule has 1 rings (SSSR count). The molecule has 3 N–H and O–H groups in total. The predicted octanol–water partition coefficient (Wildman–Crippen LogP) is 1.76. The molecule has 0 amide bonds. The first kappa shape index (κ1) is 8.71. The van der Waals surface area contributed by atoms with E-state index in [2.05, 4.69) is 0 Å². The Kier molecular flexibility index (Phi) is 2.43. The Labute approximate surface area is 71.8 Å². The van der Waals surface area contributed by atoms with Crippen LogP contribution in [0.3, 0.4) is 0 Å². The summed E-state index contributed by atoms with van der Waals surface area (Å²) in [6.07, 6.45) is 0.0395. The molecule has 12 heavy (non-hydrogen) atoms. The summed E-state index contributed by atoms with van der Waals surface area (Å²) >= 11 is 0. The van der Waals surface area contributed by atoms with E-state index in [4.69, 9.17) is 10.5 Å². The van der Waals surface area contributed by atoms with Crippen molar-refractivity contribution in [3.63, 3.8) is 0 Å². The van der Waals surface area contributed by atoms with Crippen LogP contribution in [0.25, 0.3) is 0 Å². The molecule has 0 heterocycles. The summed E-state index contributed by atoms with van der Waals surface area (Å²) in [5.41, 5.74) is 5.81. The number of nitrogen functional groups attached to an aromatic ring is 1. The Morgan fingerprint density at radius 2 is 2.08 bits per heavy atom. The molecule has 0 atom stereocenters. The summed E-state index contributed by atoms with van der Waals surface area (Å²) in [7, 11) is 0. The van der Waals surface area contributed by atoms with E-state index in [-0.39, 0.29) is 11.9 Å². The number of hydrogen-bond donors (Lipinski definition) is 2. The van der Waals surface area contributed by atoms with E-state index >= 15 is 0 Å². The molecule has 1 aromatic carbocycles. The van der Waals surface area contributed by atoms with Crippen LogP contribution in [0, 0.1) is 0 Å². The van der Waals surface area contributed by atoms with Crippen LogP contribution < -0.4 is 10.5 Å². The second-order valence-corrected chi connectivity index (χ2v) is 2.86. The van der Waals surface area contributed by atoms with Gasteiger partial charge < -0.3 is 15.6 Å². The predicted molar refractivity (Wildman–Crippen MR) is 48.3 cm³/mol. The van der Waals surface area contributed by atoms with Crippen LogP contribution >= 0.6 is 0 Å². The zero-order chi connectivity index (χ0) is 9.14. The topological polar surface area (TPSA) is 55.5 Å². The minimum absolute atomic E-state index is 0.0196. The van der Waals surface area contributed by atoms with E-state index < -0.39 is 0 Å². The number of phenolic OH excluding ortho intramolecular Hbond substituents is 1. The van der Waals surface area contributed by atoms with Crippen molar-refractivity contribution < 1.29 is 9.84 Å². The van der Waals surface area contributed by atoms with Gasteiger partial charge in [0.1, 0.15) is 0 Å². The highest BCUT2D eigenvalue weighted by molar-refractivity contribution is 5.58. The monoisotopic (exact) mass is 167 g/mol. The van der Waals surface area contributed by atoms with Gasteiger partial charge >= 0.3 is 0 Å². The van der Waals surface area contributed by atoms with Gasteiger partial charge in [0.25, 0.3) is 0 Å². The van der Waals surface area contributed by atoms with Gasteiger partial charge in [0, 0.05) is 0 Å². The average Bonchev–Trinajstić information content (AvgIpc) is 1.98. The van der Waals surface area contributed by atoms with E-state index in [1.807, 2.05) is 13.8 Å². The van der Waals surface area contributed by atoms with Crippen LogP contribution in [0.5, 0.6) is 11.5 Å². The smallest absolute Gasteiger partial charge is 0.181 e. The lowest BCUT2D eigenvalue weighted by atomic mass is 10.3. The second kappa shape index (κ2) is 3.34. The maximum absolute atomic E-state index is 9.40. The van der Waals surface area contributed by atoms with Crippen molar-refractivity contribution in [2.75, 3.05) is 5.73 Å². The van der Waals surface area contributed by atoms with Crippen molar-refractivity contribution in [2.24, 2.45) is 0 Å². The molecule has 66 valence electrons. The summed E-state index contributed by atoms with van der Waals surface area (Å²) in [4.78, 5) is 0. The van der Waals surface area contributed by atoms with Crippen LogP contribution in [-0.2, 0) is 0 Å². The molecule has 1 aromatic rings. The molecule has 0 unspecified atom stereocenters. The highest BCUT2D eigenvalue weighted by Crippen LogP contribution is 2.31. The number of anilines is 1. The zero-order valence-corrected chi connectivity index (χ0v) is 7.24. The molecule has 3 heteroatoms. The van der Waals surface area contributed by atoms with Gasteiger partial charge in [-0.1, -0.05) is 6.07 Å². The summed E-state index contributed by atoms with van der Waals surface area (Å²) in [5.74, 6) is 0.455. The van der Waals surface area contributed by atoms with Gasteiger partial charge in [-0.2, -0.15) is 0 Å². The van der Waals surface area contributed by atoms with Crippen LogP contribution in [0.2, 0.25) is 0 Å². The maximum atomic E-state index is 9.40. The third-order valence-corrected chi connectivity index (χ3v) is 1.39. The van der Waals surface area contributed by atoms with Crippen molar-refractivity contribution in [1.29, 1.82) is 0 Å². The molecular formula is C9H13NO2. The number of phenols is 1. The molecular weight excluding hydrogens is 154 g/mol. The highest BCUT2D eigenvalue weighted by Gasteiger charge is 2.05. The number of ether oxygens (including phenoxy) is 1. The maximum Gasteiger partial charge on any atom is 0.181 e. The Morgan fingerprint density at radius 1 is 1.42 bits per heavy atom. The zero-order valence-electron chi connectivity index (χ0n) is 7.24. The fourth-order valence-corrected chi connectivity index (χ4v) is 0.888. The number of benzene rings is 1. The number of nitrogens with two attached hydrogens (primary N) is 1. The Bertz CT molecular complexity index is 271. The molecule has 0 saturated carbocycles. The van der Waals surface area contributed by atoms with Crippen molar-refractivity contribution >= 4 is 5.69 Å². The van der Waals surface area contributed by atoms with Gasteiger partial charge in [0.2, 0.25) is 0 Å². The third-order valence-electron chi connectivity index (χ3n) is 1.39. The van der Waals surface area contributed by atoms with Crippen molar-refractivity contribution in [3.8, 4) is 11.5 Å². The molecule has 0 aliphatic carbocycles. The minimum Gasteiger partial charge on any atom is -0.503 e. The molecule has 0 aromatic heterocycles. The minimum atomic E-state index is 0.0196. The van der Waals surface area contributed by atoms with Gasteiger partial charge in [-0.15, -0.1) is 0 Å². The number of para-hydroxylation sites is 1. The van der Waals surface area contributed by atoms with Crippen LogP contribution in [0.15, 0.2) is 18.2 Å². The molecule has 0 radical (unpaired) electrons. The fourth-order valence-electron chi connectivity index (χ4n) is 0.888. The number of hydrogen-bond acceptors (Lipinski definition) is 3. The van der Waals surface area contributed by atoms with Gasteiger partial charge in [-0.05, 0) is 26.0 Å². The molecule has 0 saturated heterocycles. The molecule has 0 spiro atoms. The number of aromatic hydroxyl groups is 1. The summed E-state index contributed by atoms with van der Waals surface area (Å²) in [5, 5.41) is 9.40. The normalized spacial score (nSPS) is 10.2. The first-order valence-electron chi connectivity index (χ1n) is 3.85. The second-order valence-electron chi connectivity index (χ2n) is 2.86. The summed E-state index contributed by atoms with van der Waals surface area (Å²) < 4.78 is 5.30. The fraction of sp³-hybridized carbons (Fsp3) is 0.333. The van der Waals surface area contributed by atoms with Gasteiger partial charge in [0.05, 0.1) is 11.8 Å². The SMILES string of the molecule is CC(C)Oc1cccc(N)c1O. The van der Waals surface area contributed by atoms with E-state index in [0.29, 0.717) is 11.4 Å². The van der Waals surface area contributed by atoms with Crippen LogP contribution in [0.4, 0.5) is 5.69 Å². The quantitative estimate of drug-likeness (QED) is 0.521. The van der Waals surface area contributed by atoms with Crippen molar-refractivity contribution in [2.45, 2.75) is 20.0 Å². The van der Waals surface area contributed by atoms with Crippen LogP contribution in [0.1, 0.15) is 13.8 Å². The Balaban J connectivity index is 2.92. The van der Waals surface area contributed by atoms with Gasteiger partial charge in [0.15, 0.2) is 11.5 Å². The standard InChI is InChI=1S/C9H13NO2/c1-6(2)12-8-5-3-4-7(10)9(8)11/h3-6,11H,10H2,1-2H3.